The molecule has 0 aliphatic heterocycles. The Hall–Kier alpha value is -2.27. The molecule has 2 aromatic carbocycles. The van der Waals surface area contributed by atoms with E-state index in [-0.39, 0.29) is 17.2 Å². The maximum Gasteiger partial charge on any atom is 0.337 e. The van der Waals surface area contributed by atoms with Gasteiger partial charge >= 0.3 is 5.97 Å². The smallest absolute Gasteiger partial charge is 0.337 e. The largest absolute Gasteiger partial charge is 0.478 e. The minimum atomic E-state index is -1.05. The molecule has 5 heteroatoms. The minimum absolute atomic E-state index is 0.0974. The number of thioether (sulfide) groups is 1. The number of aryl methyl sites for hydroxylation is 2. The second-order valence-electron chi connectivity index (χ2n) is 5.39. The fraction of sp³-hybridized carbons (Fsp3) is 0.222. The van der Waals surface area contributed by atoms with Gasteiger partial charge in [-0.3, -0.25) is 4.79 Å². The van der Waals surface area contributed by atoms with Crippen LogP contribution in [-0.2, 0) is 10.5 Å². The summed E-state index contributed by atoms with van der Waals surface area (Å²) in [6.45, 7) is 4.10. The zero-order valence-electron chi connectivity index (χ0n) is 13.1. The quantitative estimate of drug-likeness (QED) is 0.844. The van der Waals surface area contributed by atoms with Crippen LogP contribution < -0.4 is 5.32 Å². The Labute approximate surface area is 139 Å². The average Bonchev–Trinajstić information content (AvgIpc) is 2.46. The summed E-state index contributed by atoms with van der Waals surface area (Å²) in [4.78, 5) is 23.1. The number of carbonyl (C=O) groups is 2. The molecule has 0 aliphatic carbocycles. The van der Waals surface area contributed by atoms with Gasteiger partial charge in [0, 0.05) is 5.75 Å². The van der Waals surface area contributed by atoms with Crippen LogP contribution in [0.1, 0.15) is 27.0 Å². The molecule has 0 fully saturated rings. The molecular formula is C18H19NO3S. The topological polar surface area (TPSA) is 66.4 Å². The van der Waals surface area contributed by atoms with Gasteiger partial charge in [0.25, 0.3) is 0 Å². The number of rotatable bonds is 6. The number of carboxylic acid groups (broad SMARTS) is 1. The first-order valence-corrected chi connectivity index (χ1v) is 8.38. The number of para-hydroxylation sites is 1. The van der Waals surface area contributed by atoms with Crippen molar-refractivity contribution in [2.75, 3.05) is 11.1 Å². The van der Waals surface area contributed by atoms with Crippen LogP contribution in [0, 0.1) is 13.8 Å². The van der Waals surface area contributed by atoms with E-state index < -0.39 is 5.97 Å². The van der Waals surface area contributed by atoms with Gasteiger partial charge in [0.15, 0.2) is 0 Å². The Morgan fingerprint density at radius 2 is 1.74 bits per heavy atom. The van der Waals surface area contributed by atoms with Crippen LogP contribution in [0.3, 0.4) is 0 Å². The van der Waals surface area contributed by atoms with E-state index in [2.05, 4.69) is 37.4 Å². The minimum Gasteiger partial charge on any atom is -0.478 e. The summed E-state index contributed by atoms with van der Waals surface area (Å²) in [6.07, 6.45) is 0. The lowest BCUT2D eigenvalue weighted by molar-refractivity contribution is -0.113. The van der Waals surface area contributed by atoms with Crippen LogP contribution in [0.25, 0.3) is 0 Å². The van der Waals surface area contributed by atoms with E-state index in [0.717, 1.165) is 5.75 Å². The van der Waals surface area contributed by atoms with Gasteiger partial charge in [-0.2, -0.15) is 0 Å². The molecular weight excluding hydrogens is 310 g/mol. The normalized spacial score (nSPS) is 10.3. The lowest BCUT2D eigenvalue weighted by atomic mass is 10.1. The summed E-state index contributed by atoms with van der Waals surface area (Å²) in [5, 5.41) is 11.8. The van der Waals surface area contributed by atoms with Crippen LogP contribution in [0.4, 0.5) is 5.69 Å². The number of carbonyl (C=O) groups excluding carboxylic acids is 1. The first kappa shape index (κ1) is 17.1. The van der Waals surface area contributed by atoms with Crippen LogP contribution in [0.2, 0.25) is 0 Å². The molecule has 0 atom stereocenters. The number of carboxylic acids is 1. The number of nitrogens with one attached hydrogen (secondary N) is 1. The summed E-state index contributed by atoms with van der Waals surface area (Å²) < 4.78 is 0. The molecule has 0 heterocycles. The number of hydrogen-bond donors (Lipinski definition) is 2. The highest BCUT2D eigenvalue weighted by Gasteiger charge is 2.11. The number of benzene rings is 2. The number of hydrogen-bond acceptors (Lipinski definition) is 3. The fourth-order valence-electron chi connectivity index (χ4n) is 2.38. The third kappa shape index (κ3) is 5.14. The van der Waals surface area contributed by atoms with Crippen molar-refractivity contribution >= 4 is 29.3 Å². The van der Waals surface area contributed by atoms with E-state index in [1.54, 1.807) is 18.2 Å². The Kier molecular flexibility index (Phi) is 5.82. The summed E-state index contributed by atoms with van der Waals surface area (Å²) in [5.41, 5.74) is 4.03. The van der Waals surface area contributed by atoms with Crippen LogP contribution in [-0.4, -0.2) is 22.7 Å². The summed E-state index contributed by atoms with van der Waals surface area (Å²) in [6, 6.07) is 12.7. The third-order valence-corrected chi connectivity index (χ3v) is 4.22. The molecule has 0 radical (unpaired) electrons. The van der Waals surface area contributed by atoms with Gasteiger partial charge in [0.05, 0.1) is 17.0 Å². The molecule has 2 rings (SSSR count). The molecule has 0 spiro atoms. The molecule has 0 aromatic heterocycles. The van der Waals surface area contributed by atoms with Gasteiger partial charge in [0.1, 0.15) is 0 Å². The van der Waals surface area contributed by atoms with E-state index in [0.29, 0.717) is 5.69 Å². The molecule has 0 unspecified atom stereocenters. The second kappa shape index (κ2) is 7.83. The predicted molar refractivity (Wildman–Crippen MR) is 94.1 cm³/mol. The van der Waals surface area contributed by atoms with E-state index in [9.17, 15) is 9.59 Å². The first-order valence-electron chi connectivity index (χ1n) is 7.23. The van der Waals surface area contributed by atoms with Crippen molar-refractivity contribution in [2.24, 2.45) is 0 Å². The Balaban J connectivity index is 1.89. The van der Waals surface area contributed by atoms with Gasteiger partial charge in [-0.1, -0.05) is 41.5 Å². The molecule has 1 amide bonds. The van der Waals surface area contributed by atoms with Gasteiger partial charge in [0.2, 0.25) is 5.91 Å². The number of amides is 1. The van der Waals surface area contributed by atoms with E-state index in [1.165, 1.54) is 34.5 Å². The van der Waals surface area contributed by atoms with Crippen molar-refractivity contribution in [3.63, 3.8) is 0 Å². The van der Waals surface area contributed by atoms with Gasteiger partial charge in [-0.05, 0) is 31.5 Å². The van der Waals surface area contributed by atoms with Gasteiger partial charge < -0.3 is 10.4 Å². The maximum atomic E-state index is 12.0. The maximum absolute atomic E-state index is 12.0. The van der Waals surface area contributed by atoms with Crippen molar-refractivity contribution in [3.05, 3.63) is 64.7 Å². The van der Waals surface area contributed by atoms with Crippen LogP contribution in [0.15, 0.2) is 42.5 Å². The predicted octanol–water partition coefficient (Wildman–Crippen LogP) is 3.87. The molecule has 23 heavy (non-hydrogen) atoms. The fourth-order valence-corrected chi connectivity index (χ4v) is 3.14. The monoisotopic (exact) mass is 329 g/mol. The van der Waals surface area contributed by atoms with Gasteiger partial charge in [-0.15, -0.1) is 11.8 Å². The lowest BCUT2D eigenvalue weighted by Crippen LogP contribution is -2.16. The average molecular weight is 329 g/mol. The Bertz CT molecular complexity index is 708. The number of aromatic carboxylic acids is 1. The molecule has 0 saturated heterocycles. The van der Waals surface area contributed by atoms with Crippen molar-refractivity contribution in [3.8, 4) is 0 Å². The highest BCUT2D eigenvalue weighted by atomic mass is 32.2. The zero-order valence-corrected chi connectivity index (χ0v) is 13.9. The van der Waals surface area contributed by atoms with Crippen molar-refractivity contribution in [1.82, 2.24) is 0 Å². The molecule has 0 aliphatic rings. The van der Waals surface area contributed by atoms with E-state index in [4.69, 9.17) is 5.11 Å². The van der Waals surface area contributed by atoms with Crippen LogP contribution >= 0.6 is 11.8 Å². The molecule has 0 bridgehead atoms. The van der Waals surface area contributed by atoms with Crippen molar-refractivity contribution in [1.29, 1.82) is 0 Å². The standard InChI is InChI=1S/C18H19NO3S/c1-12-7-13(2)9-14(8-12)10-23-11-17(20)19-16-6-4-3-5-15(16)18(21)22/h3-9H,10-11H2,1-2H3,(H,19,20)(H,21,22). The molecule has 2 N–H and O–H groups in total. The Morgan fingerprint density at radius 1 is 1.09 bits per heavy atom. The molecule has 4 nitrogen and oxygen atoms in total. The SMILES string of the molecule is Cc1cc(C)cc(CSCC(=O)Nc2ccccc2C(=O)O)c1. The van der Waals surface area contributed by atoms with Crippen LogP contribution in [0.5, 0.6) is 0 Å². The molecule has 0 saturated carbocycles. The Morgan fingerprint density at radius 3 is 2.39 bits per heavy atom. The van der Waals surface area contributed by atoms with Gasteiger partial charge in [-0.25, -0.2) is 4.79 Å². The molecule has 2 aromatic rings. The van der Waals surface area contributed by atoms with Crippen molar-refractivity contribution < 1.29 is 14.7 Å². The first-order chi connectivity index (χ1) is 11.0. The summed E-state index contributed by atoms with van der Waals surface area (Å²) >= 11 is 1.51. The second-order valence-corrected chi connectivity index (χ2v) is 6.37. The highest BCUT2D eigenvalue weighted by Crippen LogP contribution is 2.18. The number of anilines is 1. The highest BCUT2D eigenvalue weighted by molar-refractivity contribution is 7.99. The zero-order chi connectivity index (χ0) is 16.8. The lowest BCUT2D eigenvalue weighted by Gasteiger charge is -2.08. The van der Waals surface area contributed by atoms with E-state index >= 15 is 0 Å². The van der Waals surface area contributed by atoms with E-state index in [1.807, 2.05) is 0 Å². The van der Waals surface area contributed by atoms with Crippen molar-refractivity contribution in [2.45, 2.75) is 19.6 Å². The third-order valence-electron chi connectivity index (χ3n) is 3.21. The summed E-state index contributed by atoms with van der Waals surface area (Å²) in [5.74, 6) is -0.228. The molecule has 120 valence electrons. The summed E-state index contributed by atoms with van der Waals surface area (Å²) in [7, 11) is 0.